The molecule has 0 aliphatic heterocycles. The number of fused-ring (bicyclic) bond motifs is 1. The van der Waals surface area contributed by atoms with E-state index in [2.05, 4.69) is 48.5 Å². The molecule has 0 spiro atoms. The van der Waals surface area contributed by atoms with Gasteiger partial charge in [-0.05, 0) is 38.5 Å². The Balaban J connectivity index is 1.91. The SMILES string of the molecule is Cc1ccc2c(c1)c(C)c(C)n2CC(O)Cn1ccnc1. The highest BCUT2D eigenvalue weighted by Gasteiger charge is 2.14. The molecule has 0 saturated heterocycles. The number of aryl methyl sites for hydroxylation is 2. The fourth-order valence-corrected chi connectivity index (χ4v) is 2.91. The van der Waals surface area contributed by atoms with Gasteiger partial charge in [-0.3, -0.25) is 0 Å². The molecule has 0 fully saturated rings. The summed E-state index contributed by atoms with van der Waals surface area (Å²) < 4.78 is 4.12. The maximum Gasteiger partial charge on any atom is 0.0946 e. The minimum absolute atomic E-state index is 0.436. The largest absolute Gasteiger partial charge is 0.389 e. The van der Waals surface area contributed by atoms with Crippen molar-refractivity contribution in [1.29, 1.82) is 0 Å². The quantitative estimate of drug-likeness (QED) is 0.800. The Hall–Kier alpha value is -2.07. The van der Waals surface area contributed by atoms with Crippen LogP contribution < -0.4 is 0 Å². The monoisotopic (exact) mass is 283 g/mol. The summed E-state index contributed by atoms with van der Waals surface area (Å²) in [6, 6.07) is 6.49. The van der Waals surface area contributed by atoms with Gasteiger partial charge in [-0.15, -0.1) is 0 Å². The van der Waals surface area contributed by atoms with Crippen LogP contribution in [0.3, 0.4) is 0 Å². The summed E-state index contributed by atoms with van der Waals surface area (Å²) in [7, 11) is 0. The molecule has 110 valence electrons. The number of benzene rings is 1. The minimum Gasteiger partial charge on any atom is -0.389 e. The second kappa shape index (κ2) is 5.37. The van der Waals surface area contributed by atoms with Gasteiger partial charge in [0.25, 0.3) is 0 Å². The molecule has 1 N–H and O–H groups in total. The van der Waals surface area contributed by atoms with Crippen LogP contribution >= 0.6 is 0 Å². The van der Waals surface area contributed by atoms with Gasteiger partial charge >= 0.3 is 0 Å². The van der Waals surface area contributed by atoms with E-state index in [9.17, 15) is 5.11 Å². The molecule has 3 rings (SSSR count). The predicted octanol–water partition coefficient (Wildman–Crippen LogP) is 2.82. The van der Waals surface area contributed by atoms with Crippen LogP contribution in [0.2, 0.25) is 0 Å². The third-order valence-electron chi connectivity index (χ3n) is 4.17. The standard InChI is InChI=1S/C17H21N3O/c1-12-4-5-17-16(8-12)13(2)14(3)20(17)10-15(21)9-19-7-6-18-11-19/h4-8,11,15,21H,9-10H2,1-3H3. The van der Waals surface area contributed by atoms with E-state index < -0.39 is 6.10 Å². The zero-order valence-corrected chi connectivity index (χ0v) is 12.7. The number of imidazole rings is 1. The first kappa shape index (κ1) is 13.9. The summed E-state index contributed by atoms with van der Waals surface area (Å²) in [6.07, 6.45) is 4.90. The van der Waals surface area contributed by atoms with Crippen LogP contribution in [-0.4, -0.2) is 25.3 Å². The van der Waals surface area contributed by atoms with Crippen LogP contribution in [-0.2, 0) is 13.1 Å². The zero-order chi connectivity index (χ0) is 15.0. The smallest absolute Gasteiger partial charge is 0.0946 e. The van der Waals surface area contributed by atoms with Crippen molar-refractivity contribution in [3.8, 4) is 0 Å². The minimum atomic E-state index is -0.436. The number of hydrogen-bond donors (Lipinski definition) is 1. The Labute approximate surface area is 124 Å². The van der Waals surface area contributed by atoms with Crippen molar-refractivity contribution in [3.05, 3.63) is 53.7 Å². The number of aromatic nitrogens is 3. The second-order valence-corrected chi connectivity index (χ2v) is 5.75. The molecular formula is C17H21N3O. The van der Waals surface area contributed by atoms with Gasteiger partial charge in [-0.25, -0.2) is 4.98 Å². The van der Waals surface area contributed by atoms with E-state index in [4.69, 9.17) is 0 Å². The van der Waals surface area contributed by atoms with Gasteiger partial charge in [0, 0.05) is 29.0 Å². The first-order valence-corrected chi connectivity index (χ1v) is 7.26. The highest BCUT2D eigenvalue weighted by atomic mass is 16.3. The Morgan fingerprint density at radius 2 is 2.00 bits per heavy atom. The molecule has 0 aliphatic rings. The van der Waals surface area contributed by atoms with Crippen LogP contribution in [0.25, 0.3) is 10.9 Å². The molecule has 4 nitrogen and oxygen atoms in total. The zero-order valence-electron chi connectivity index (χ0n) is 12.7. The maximum atomic E-state index is 10.4. The summed E-state index contributed by atoms with van der Waals surface area (Å²) in [4.78, 5) is 4.01. The van der Waals surface area contributed by atoms with Crippen LogP contribution in [0.4, 0.5) is 0 Å². The maximum absolute atomic E-state index is 10.4. The molecule has 1 aromatic carbocycles. The molecule has 3 aromatic rings. The molecule has 4 heteroatoms. The third kappa shape index (κ3) is 2.59. The number of rotatable bonds is 4. The van der Waals surface area contributed by atoms with Gasteiger partial charge in [-0.1, -0.05) is 11.6 Å². The van der Waals surface area contributed by atoms with Crippen molar-refractivity contribution in [3.63, 3.8) is 0 Å². The summed E-state index contributed by atoms with van der Waals surface area (Å²) >= 11 is 0. The summed E-state index contributed by atoms with van der Waals surface area (Å²) in [5, 5.41) is 11.6. The molecule has 0 saturated carbocycles. The van der Waals surface area contributed by atoms with Crippen molar-refractivity contribution in [2.45, 2.75) is 40.0 Å². The van der Waals surface area contributed by atoms with Gasteiger partial charge in [-0.2, -0.15) is 0 Å². The van der Waals surface area contributed by atoms with E-state index in [1.54, 1.807) is 12.5 Å². The molecule has 1 unspecified atom stereocenters. The third-order valence-corrected chi connectivity index (χ3v) is 4.17. The van der Waals surface area contributed by atoms with Gasteiger partial charge < -0.3 is 14.2 Å². The lowest BCUT2D eigenvalue weighted by Crippen LogP contribution is -2.22. The molecule has 0 aliphatic carbocycles. The normalized spacial score (nSPS) is 13.0. The molecular weight excluding hydrogens is 262 g/mol. The number of aliphatic hydroxyl groups excluding tert-OH is 1. The lowest BCUT2D eigenvalue weighted by Gasteiger charge is -2.15. The van der Waals surface area contributed by atoms with Crippen LogP contribution in [0.15, 0.2) is 36.9 Å². The molecule has 2 aromatic heterocycles. The van der Waals surface area contributed by atoms with E-state index in [1.165, 1.54) is 27.7 Å². The van der Waals surface area contributed by atoms with Crippen molar-refractivity contribution in [2.75, 3.05) is 0 Å². The molecule has 21 heavy (non-hydrogen) atoms. The lowest BCUT2D eigenvalue weighted by molar-refractivity contribution is 0.135. The van der Waals surface area contributed by atoms with E-state index in [-0.39, 0.29) is 0 Å². The Kier molecular flexibility index (Phi) is 3.55. The van der Waals surface area contributed by atoms with Crippen molar-refractivity contribution >= 4 is 10.9 Å². The number of nitrogens with zero attached hydrogens (tertiary/aromatic N) is 3. The van der Waals surface area contributed by atoms with Gasteiger partial charge in [0.15, 0.2) is 0 Å². The molecule has 0 radical (unpaired) electrons. The topological polar surface area (TPSA) is 43.0 Å². The van der Waals surface area contributed by atoms with Crippen molar-refractivity contribution < 1.29 is 5.11 Å². The van der Waals surface area contributed by atoms with Gasteiger partial charge in [0.05, 0.1) is 25.5 Å². The van der Waals surface area contributed by atoms with E-state index in [1.807, 2.05) is 10.8 Å². The highest BCUT2D eigenvalue weighted by molar-refractivity contribution is 5.85. The fraction of sp³-hybridized carbons (Fsp3) is 0.353. The van der Waals surface area contributed by atoms with Crippen molar-refractivity contribution in [2.24, 2.45) is 0 Å². The Bertz CT molecular complexity index is 756. The molecule has 0 amide bonds. The molecule has 2 heterocycles. The van der Waals surface area contributed by atoms with E-state index in [0.717, 1.165) is 0 Å². The summed E-state index contributed by atoms with van der Waals surface area (Å²) in [5.74, 6) is 0. The van der Waals surface area contributed by atoms with E-state index >= 15 is 0 Å². The summed E-state index contributed by atoms with van der Waals surface area (Å²) in [5.41, 5.74) is 4.98. The molecule has 0 bridgehead atoms. The average molecular weight is 283 g/mol. The second-order valence-electron chi connectivity index (χ2n) is 5.75. The van der Waals surface area contributed by atoms with Crippen molar-refractivity contribution in [1.82, 2.24) is 14.1 Å². The van der Waals surface area contributed by atoms with Crippen LogP contribution in [0.5, 0.6) is 0 Å². The Morgan fingerprint density at radius 1 is 1.19 bits per heavy atom. The molecule has 1 atom stereocenters. The van der Waals surface area contributed by atoms with Crippen LogP contribution in [0.1, 0.15) is 16.8 Å². The van der Waals surface area contributed by atoms with Gasteiger partial charge in [0.1, 0.15) is 0 Å². The lowest BCUT2D eigenvalue weighted by atomic mass is 10.1. The first-order chi connectivity index (χ1) is 10.1. The fourth-order valence-electron chi connectivity index (χ4n) is 2.91. The van der Waals surface area contributed by atoms with Crippen LogP contribution in [0, 0.1) is 20.8 Å². The first-order valence-electron chi connectivity index (χ1n) is 7.26. The highest BCUT2D eigenvalue weighted by Crippen LogP contribution is 2.26. The van der Waals surface area contributed by atoms with Gasteiger partial charge in [0.2, 0.25) is 0 Å². The number of hydrogen-bond acceptors (Lipinski definition) is 2. The predicted molar refractivity (Wildman–Crippen MR) is 84.4 cm³/mol. The number of aliphatic hydroxyl groups is 1. The Morgan fingerprint density at radius 3 is 2.71 bits per heavy atom. The summed E-state index contributed by atoms with van der Waals surface area (Å²) in [6.45, 7) is 7.53. The average Bonchev–Trinajstić information content (AvgIpc) is 3.02. The van der Waals surface area contributed by atoms with E-state index in [0.29, 0.717) is 13.1 Å².